The first-order valence-corrected chi connectivity index (χ1v) is 10.9. The van der Waals surface area contributed by atoms with E-state index in [2.05, 4.69) is 18.3 Å². The summed E-state index contributed by atoms with van der Waals surface area (Å²) in [5.74, 6) is 2.26. The fraction of sp³-hybridized carbons (Fsp3) is 0.500. The lowest BCUT2D eigenvalue weighted by atomic mass is 10.1. The molecule has 4 nitrogen and oxygen atoms in total. The third-order valence-corrected chi connectivity index (χ3v) is 5.26. The van der Waals surface area contributed by atoms with Gasteiger partial charge in [-0.25, -0.2) is 0 Å². The van der Waals surface area contributed by atoms with Gasteiger partial charge >= 0.3 is 0 Å². The van der Waals surface area contributed by atoms with Crippen molar-refractivity contribution in [3.8, 4) is 17.2 Å². The smallest absolute Gasteiger partial charge is 0.162 e. The highest BCUT2D eigenvalue weighted by molar-refractivity contribution is 6.31. The molecule has 2 rings (SSSR count). The summed E-state index contributed by atoms with van der Waals surface area (Å²) in [6, 6.07) is 11.9. The number of benzene rings is 2. The van der Waals surface area contributed by atoms with Gasteiger partial charge in [0.25, 0.3) is 0 Å². The fourth-order valence-electron chi connectivity index (χ4n) is 3.22. The molecule has 5 heteroatoms. The van der Waals surface area contributed by atoms with Crippen molar-refractivity contribution in [2.45, 2.75) is 58.5 Å². The Balaban J connectivity index is 1.84. The molecule has 0 atom stereocenters. The number of unbranched alkanes of at least 4 members (excludes halogenated alkanes) is 5. The Labute approximate surface area is 180 Å². The van der Waals surface area contributed by atoms with Gasteiger partial charge in [0.15, 0.2) is 11.5 Å². The summed E-state index contributed by atoms with van der Waals surface area (Å²) < 4.78 is 16.7. The number of hydrogen-bond donors (Lipinski definition) is 1. The number of para-hydroxylation sites is 1. The molecular formula is C24H34ClNO3. The first kappa shape index (κ1) is 23.4. The number of nitrogens with one attached hydrogen (secondary N) is 1. The predicted molar refractivity (Wildman–Crippen MR) is 120 cm³/mol. The second kappa shape index (κ2) is 13.3. The summed E-state index contributed by atoms with van der Waals surface area (Å²) in [5, 5.41) is 4.11. The Kier molecular flexibility index (Phi) is 10.7. The molecule has 1 N–H and O–H groups in total. The van der Waals surface area contributed by atoms with Gasteiger partial charge in [0.05, 0.1) is 20.8 Å². The van der Waals surface area contributed by atoms with Gasteiger partial charge in [-0.2, -0.15) is 0 Å². The highest BCUT2D eigenvalue weighted by atomic mass is 35.5. The molecule has 0 saturated carbocycles. The van der Waals surface area contributed by atoms with Gasteiger partial charge in [-0.15, -0.1) is 0 Å². The largest absolute Gasteiger partial charge is 0.493 e. The van der Waals surface area contributed by atoms with Gasteiger partial charge in [0.1, 0.15) is 5.75 Å². The molecule has 0 spiro atoms. The van der Waals surface area contributed by atoms with Crippen LogP contribution in [0.1, 0.15) is 56.6 Å². The summed E-state index contributed by atoms with van der Waals surface area (Å²) >= 11 is 6.38. The van der Waals surface area contributed by atoms with Crippen LogP contribution < -0.4 is 19.5 Å². The summed E-state index contributed by atoms with van der Waals surface area (Å²) in [4.78, 5) is 0. The van der Waals surface area contributed by atoms with Crippen molar-refractivity contribution in [2.75, 3.05) is 20.8 Å². The minimum atomic E-state index is 0.630. The van der Waals surface area contributed by atoms with Gasteiger partial charge in [-0.1, -0.05) is 68.8 Å². The number of methoxy groups -OCH3 is 2. The van der Waals surface area contributed by atoms with Crippen LogP contribution in [0.25, 0.3) is 0 Å². The van der Waals surface area contributed by atoms with E-state index in [1.807, 2.05) is 24.3 Å². The Bertz CT molecular complexity index is 736. The predicted octanol–water partition coefficient (Wildman–Crippen LogP) is 6.39. The van der Waals surface area contributed by atoms with Gasteiger partial charge in [-0.3, -0.25) is 0 Å². The Morgan fingerprint density at radius 2 is 1.45 bits per heavy atom. The third-order valence-electron chi connectivity index (χ3n) is 4.91. The van der Waals surface area contributed by atoms with Crippen LogP contribution in [0.5, 0.6) is 17.2 Å². The van der Waals surface area contributed by atoms with E-state index in [4.69, 9.17) is 25.8 Å². The van der Waals surface area contributed by atoms with E-state index in [1.165, 1.54) is 32.1 Å². The normalized spacial score (nSPS) is 10.8. The molecule has 2 aromatic rings. The van der Waals surface area contributed by atoms with Crippen molar-refractivity contribution < 1.29 is 14.2 Å². The fourth-order valence-corrected chi connectivity index (χ4v) is 3.44. The molecule has 0 amide bonds. The van der Waals surface area contributed by atoms with Crippen molar-refractivity contribution in [1.82, 2.24) is 5.32 Å². The minimum absolute atomic E-state index is 0.630. The van der Waals surface area contributed by atoms with E-state index in [1.54, 1.807) is 20.3 Å². The molecule has 0 aromatic heterocycles. The molecule has 0 radical (unpaired) electrons. The van der Waals surface area contributed by atoms with Crippen LogP contribution in [0, 0.1) is 0 Å². The molecule has 160 valence electrons. The topological polar surface area (TPSA) is 39.7 Å². The van der Waals surface area contributed by atoms with Crippen LogP contribution in [0.3, 0.4) is 0 Å². The van der Waals surface area contributed by atoms with Crippen molar-refractivity contribution >= 4 is 11.6 Å². The van der Waals surface area contributed by atoms with Crippen LogP contribution >= 0.6 is 11.6 Å². The maximum atomic E-state index is 6.38. The van der Waals surface area contributed by atoms with Crippen LogP contribution in [0.2, 0.25) is 5.02 Å². The van der Waals surface area contributed by atoms with Crippen molar-refractivity contribution in [1.29, 1.82) is 0 Å². The zero-order valence-corrected chi connectivity index (χ0v) is 18.7. The standard InChI is InChI=1S/C24H34ClNO3/c1-4-5-6-7-8-11-14-29-22-13-10-9-12-19(22)17-26-18-20-15-23(27-2)24(28-3)16-21(20)25/h9-10,12-13,15-16,26H,4-8,11,14,17-18H2,1-3H3. The molecule has 29 heavy (non-hydrogen) atoms. The molecule has 0 heterocycles. The monoisotopic (exact) mass is 419 g/mol. The summed E-state index contributed by atoms with van der Waals surface area (Å²) in [5.41, 5.74) is 2.12. The highest BCUT2D eigenvalue weighted by Gasteiger charge is 2.10. The number of hydrogen-bond acceptors (Lipinski definition) is 4. The van der Waals surface area contributed by atoms with Crippen molar-refractivity contribution in [3.63, 3.8) is 0 Å². The summed E-state index contributed by atoms with van der Waals surface area (Å²) in [7, 11) is 3.23. The lowest BCUT2D eigenvalue weighted by Crippen LogP contribution is -2.14. The maximum Gasteiger partial charge on any atom is 0.162 e. The van der Waals surface area contributed by atoms with E-state index >= 15 is 0 Å². The van der Waals surface area contributed by atoms with E-state index in [0.29, 0.717) is 29.6 Å². The SMILES string of the molecule is CCCCCCCCOc1ccccc1CNCc1cc(OC)c(OC)cc1Cl. The first-order valence-electron chi connectivity index (χ1n) is 10.5. The van der Waals surface area contributed by atoms with Crippen molar-refractivity contribution in [2.24, 2.45) is 0 Å². The molecule has 0 aliphatic heterocycles. The van der Waals surface area contributed by atoms with Gasteiger partial charge < -0.3 is 19.5 Å². The lowest BCUT2D eigenvalue weighted by molar-refractivity contribution is 0.300. The second-order valence-electron chi connectivity index (χ2n) is 7.13. The molecule has 0 aliphatic rings. The van der Waals surface area contributed by atoms with Crippen LogP contribution in [0.4, 0.5) is 0 Å². The Morgan fingerprint density at radius 1 is 0.793 bits per heavy atom. The van der Waals surface area contributed by atoms with E-state index in [-0.39, 0.29) is 0 Å². The van der Waals surface area contributed by atoms with Crippen LogP contribution in [-0.2, 0) is 13.1 Å². The average Bonchev–Trinajstić information content (AvgIpc) is 2.74. The summed E-state index contributed by atoms with van der Waals surface area (Å²) in [6.45, 7) is 4.35. The van der Waals surface area contributed by atoms with E-state index in [0.717, 1.165) is 29.9 Å². The van der Waals surface area contributed by atoms with E-state index in [9.17, 15) is 0 Å². The van der Waals surface area contributed by atoms with Gasteiger partial charge in [0, 0.05) is 29.7 Å². The molecule has 0 unspecified atom stereocenters. The number of halogens is 1. The number of rotatable bonds is 14. The van der Waals surface area contributed by atoms with Crippen LogP contribution in [0.15, 0.2) is 36.4 Å². The quantitative estimate of drug-likeness (QED) is 0.360. The third kappa shape index (κ3) is 7.79. The summed E-state index contributed by atoms with van der Waals surface area (Å²) in [6.07, 6.45) is 7.58. The second-order valence-corrected chi connectivity index (χ2v) is 7.53. The lowest BCUT2D eigenvalue weighted by Gasteiger charge is -2.14. The molecule has 0 fully saturated rings. The Morgan fingerprint density at radius 3 is 2.21 bits per heavy atom. The van der Waals surface area contributed by atoms with Gasteiger partial charge in [-0.05, 0) is 24.1 Å². The van der Waals surface area contributed by atoms with E-state index < -0.39 is 0 Å². The highest BCUT2D eigenvalue weighted by Crippen LogP contribution is 2.33. The molecular weight excluding hydrogens is 386 g/mol. The average molecular weight is 420 g/mol. The maximum absolute atomic E-state index is 6.38. The molecule has 0 aliphatic carbocycles. The van der Waals surface area contributed by atoms with Crippen LogP contribution in [-0.4, -0.2) is 20.8 Å². The minimum Gasteiger partial charge on any atom is -0.493 e. The zero-order valence-electron chi connectivity index (χ0n) is 17.9. The molecule has 0 bridgehead atoms. The van der Waals surface area contributed by atoms with Crippen molar-refractivity contribution in [3.05, 3.63) is 52.5 Å². The molecule has 0 saturated heterocycles. The first-order chi connectivity index (χ1) is 14.2. The number of ether oxygens (including phenoxy) is 3. The zero-order chi connectivity index (χ0) is 20.9. The molecule has 2 aromatic carbocycles. The van der Waals surface area contributed by atoms with Gasteiger partial charge in [0.2, 0.25) is 0 Å². The Hall–Kier alpha value is -1.91.